The molecule has 126 valence electrons. The molecular formula is C14H26N4O4. The molecule has 0 aromatic rings. The Balaban J connectivity index is 2.67. The Morgan fingerprint density at radius 2 is 2.00 bits per heavy atom. The van der Waals surface area contributed by atoms with E-state index in [0.717, 1.165) is 6.42 Å². The van der Waals surface area contributed by atoms with Crippen molar-refractivity contribution in [3.05, 3.63) is 0 Å². The van der Waals surface area contributed by atoms with Gasteiger partial charge in [-0.15, -0.1) is 0 Å². The molecule has 0 aromatic heterocycles. The summed E-state index contributed by atoms with van der Waals surface area (Å²) in [4.78, 5) is 35.7. The van der Waals surface area contributed by atoms with Crippen LogP contribution in [-0.4, -0.2) is 55.2 Å². The summed E-state index contributed by atoms with van der Waals surface area (Å²) in [6.45, 7) is 6.66. The van der Waals surface area contributed by atoms with Crippen LogP contribution in [0.3, 0.4) is 0 Å². The molecule has 0 spiro atoms. The fourth-order valence-corrected chi connectivity index (χ4v) is 2.40. The summed E-state index contributed by atoms with van der Waals surface area (Å²) in [6, 6.07) is -1.09. The van der Waals surface area contributed by atoms with Gasteiger partial charge in [0.25, 0.3) is 5.91 Å². The number of hydrogen-bond acceptors (Lipinski definition) is 5. The van der Waals surface area contributed by atoms with Crippen molar-refractivity contribution in [2.24, 2.45) is 5.92 Å². The predicted octanol–water partition coefficient (Wildman–Crippen LogP) is -0.00130. The molecule has 0 aliphatic carbocycles. The number of nitrogens with one attached hydrogen (secondary N) is 3. The van der Waals surface area contributed by atoms with Crippen molar-refractivity contribution in [2.75, 3.05) is 20.2 Å². The lowest BCUT2D eigenvalue weighted by atomic mass is 10.0. The molecule has 22 heavy (non-hydrogen) atoms. The number of likely N-dealkylation sites (N-methyl/N-ethyl adjacent to an activating group) is 1. The minimum absolute atomic E-state index is 0.0951. The first-order valence-corrected chi connectivity index (χ1v) is 7.60. The Hall–Kier alpha value is -1.83. The number of rotatable bonds is 6. The third-order valence-corrected chi connectivity index (χ3v) is 3.57. The highest BCUT2D eigenvalue weighted by molar-refractivity contribution is 5.86. The molecule has 2 unspecified atom stereocenters. The molecule has 1 fully saturated rings. The van der Waals surface area contributed by atoms with Crippen LogP contribution in [0, 0.1) is 5.92 Å². The summed E-state index contributed by atoms with van der Waals surface area (Å²) in [5.74, 6) is -0.552. The quantitative estimate of drug-likeness (QED) is 0.641. The number of nitrogens with zero attached hydrogens (tertiary/aromatic N) is 1. The van der Waals surface area contributed by atoms with Gasteiger partial charge in [-0.25, -0.2) is 9.80 Å². The van der Waals surface area contributed by atoms with E-state index in [0.29, 0.717) is 19.5 Å². The first-order valence-electron chi connectivity index (χ1n) is 7.60. The Kier molecular flexibility index (Phi) is 7.10. The van der Waals surface area contributed by atoms with Crippen molar-refractivity contribution < 1.29 is 19.1 Å². The lowest BCUT2D eigenvalue weighted by Crippen LogP contribution is -2.57. The highest BCUT2D eigenvalue weighted by Crippen LogP contribution is 2.15. The first-order chi connectivity index (χ1) is 10.4. The maximum Gasteiger partial charge on any atom is 0.407 e. The second kappa shape index (κ2) is 8.57. The Morgan fingerprint density at radius 3 is 2.55 bits per heavy atom. The summed E-state index contributed by atoms with van der Waals surface area (Å²) in [7, 11) is 1.25. The monoisotopic (exact) mass is 314 g/mol. The van der Waals surface area contributed by atoms with Crippen LogP contribution >= 0.6 is 0 Å². The topological polar surface area (TPSA) is 99.8 Å². The second-order valence-electron chi connectivity index (χ2n) is 5.58. The number of alkyl carbamates (subject to hydrolysis) is 1. The molecule has 1 aliphatic rings. The number of amides is 3. The summed E-state index contributed by atoms with van der Waals surface area (Å²) in [5, 5.41) is 6.91. The SMILES string of the molecule is CCNC(=O)C1CCCN1NC(=O)C(NC(=O)OC)C(C)C. The third kappa shape index (κ3) is 4.87. The number of carbonyl (C=O) groups is 3. The maximum absolute atomic E-state index is 12.4. The van der Waals surface area contributed by atoms with Gasteiger partial charge >= 0.3 is 6.09 Å². The van der Waals surface area contributed by atoms with E-state index < -0.39 is 12.1 Å². The van der Waals surface area contributed by atoms with Crippen LogP contribution < -0.4 is 16.1 Å². The van der Waals surface area contributed by atoms with E-state index in [4.69, 9.17) is 0 Å². The van der Waals surface area contributed by atoms with E-state index in [2.05, 4.69) is 20.8 Å². The maximum atomic E-state index is 12.4. The fraction of sp³-hybridized carbons (Fsp3) is 0.786. The number of hydrogen-bond donors (Lipinski definition) is 3. The standard InChI is InChI=1S/C14H26N4O4/c1-5-15-12(19)10-7-6-8-18(10)17-13(20)11(9(2)3)16-14(21)22-4/h9-11H,5-8H2,1-4H3,(H,15,19)(H,16,21)(H,17,20). The van der Waals surface area contributed by atoms with Gasteiger partial charge in [0.05, 0.1) is 7.11 Å². The summed E-state index contributed by atoms with van der Waals surface area (Å²) >= 11 is 0. The largest absolute Gasteiger partial charge is 0.453 e. The summed E-state index contributed by atoms with van der Waals surface area (Å²) in [5.41, 5.74) is 2.74. The normalized spacial score (nSPS) is 19.6. The minimum Gasteiger partial charge on any atom is -0.453 e. The lowest BCUT2D eigenvalue weighted by molar-refractivity contribution is -0.133. The Morgan fingerprint density at radius 1 is 1.32 bits per heavy atom. The molecule has 8 nitrogen and oxygen atoms in total. The number of methoxy groups -OCH3 is 1. The molecule has 0 aromatic carbocycles. The molecule has 3 amide bonds. The minimum atomic E-state index is -0.720. The van der Waals surface area contributed by atoms with Gasteiger partial charge in [0.15, 0.2) is 0 Å². The van der Waals surface area contributed by atoms with Gasteiger partial charge < -0.3 is 15.4 Å². The highest BCUT2D eigenvalue weighted by atomic mass is 16.5. The van der Waals surface area contributed by atoms with Crippen LogP contribution in [0.1, 0.15) is 33.6 Å². The van der Waals surface area contributed by atoms with E-state index in [1.54, 1.807) is 5.01 Å². The van der Waals surface area contributed by atoms with Gasteiger partial charge in [-0.1, -0.05) is 13.8 Å². The smallest absolute Gasteiger partial charge is 0.407 e. The van der Waals surface area contributed by atoms with Gasteiger partial charge in [0.1, 0.15) is 12.1 Å². The zero-order valence-corrected chi connectivity index (χ0v) is 13.6. The van der Waals surface area contributed by atoms with Crippen molar-refractivity contribution in [3.8, 4) is 0 Å². The van der Waals surface area contributed by atoms with E-state index in [9.17, 15) is 14.4 Å². The van der Waals surface area contributed by atoms with Gasteiger partial charge in [0, 0.05) is 13.1 Å². The molecular weight excluding hydrogens is 288 g/mol. The average Bonchev–Trinajstić information content (AvgIpc) is 2.92. The average molecular weight is 314 g/mol. The van der Waals surface area contributed by atoms with Gasteiger partial charge in [-0.2, -0.15) is 0 Å². The van der Waals surface area contributed by atoms with Crippen molar-refractivity contribution in [2.45, 2.75) is 45.7 Å². The number of ether oxygens (including phenoxy) is 1. The Labute approximate surface area is 130 Å². The molecule has 0 saturated carbocycles. The molecule has 2 atom stereocenters. The third-order valence-electron chi connectivity index (χ3n) is 3.57. The zero-order valence-electron chi connectivity index (χ0n) is 13.6. The summed E-state index contributed by atoms with van der Waals surface area (Å²) in [6.07, 6.45) is 0.873. The van der Waals surface area contributed by atoms with E-state index in [1.807, 2.05) is 20.8 Å². The molecule has 1 rings (SSSR count). The molecule has 0 radical (unpaired) electrons. The number of hydrazine groups is 1. The van der Waals surface area contributed by atoms with Crippen LogP contribution in [0.5, 0.6) is 0 Å². The lowest BCUT2D eigenvalue weighted by Gasteiger charge is -2.28. The van der Waals surface area contributed by atoms with E-state index in [1.165, 1.54) is 7.11 Å². The molecule has 8 heteroatoms. The first kappa shape index (κ1) is 18.2. The van der Waals surface area contributed by atoms with Crippen molar-refractivity contribution in [1.82, 2.24) is 21.1 Å². The predicted molar refractivity (Wildman–Crippen MR) is 80.7 cm³/mol. The molecule has 1 aliphatic heterocycles. The fourth-order valence-electron chi connectivity index (χ4n) is 2.40. The van der Waals surface area contributed by atoms with Gasteiger partial charge in [-0.05, 0) is 25.7 Å². The van der Waals surface area contributed by atoms with Crippen LogP contribution in [-0.2, 0) is 14.3 Å². The molecule has 0 bridgehead atoms. The highest BCUT2D eigenvalue weighted by Gasteiger charge is 2.34. The number of carbonyl (C=O) groups excluding carboxylic acids is 3. The van der Waals surface area contributed by atoms with Crippen LogP contribution in [0.25, 0.3) is 0 Å². The van der Waals surface area contributed by atoms with Crippen LogP contribution in [0.15, 0.2) is 0 Å². The van der Waals surface area contributed by atoms with Gasteiger partial charge in [0.2, 0.25) is 5.91 Å². The van der Waals surface area contributed by atoms with Crippen LogP contribution in [0.4, 0.5) is 4.79 Å². The zero-order chi connectivity index (χ0) is 16.7. The van der Waals surface area contributed by atoms with Crippen molar-refractivity contribution >= 4 is 17.9 Å². The van der Waals surface area contributed by atoms with Crippen molar-refractivity contribution in [3.63, 3.8) is 0 Å². The van der Waals surface area contributed by atoms with Crippen molar-refractivity contribution in [1.29, 1.82) is 0 Å². The molecule has 3 N–H and O–H groups in total. The van der Waals surface area contributed by atoms with E-state index >= 15 is 0 Å². The van der Waals surface area contributed by atoms with Gasteiger partial charge in [-0.3, -0.25) is 15.0 Å². The second-order valence-corrected chi connectivity index (χ2v) is 5.58. The summed E-state index contributed by atoms with van der Waals surface area (Å²) < 4.78 is 4.53. The molecule has 1 saturated heterocycles. The Bertz CT molecular complexity index is 414. The molecule has 1 heterocycles. The van der Waals surface area contributed by atoms with E-state index in [-0.39, 0.29) is 23.8 Å². The van der Waals surface area contributed by atoms with Crippen LogP contribution in [0.2, 0.25) is 0 Å².